The van der Waals surface area contributed by atoms with E-state index in [9.17, 15) is 15.0 Å². The highest BCUT2D eigenvalue weighted by Crippen LogP contribution is 2.65. The molecular weight excluding hydrogens is 534 g/mol. The van der Waals surface area contributed by atoms with Crippen molar-refractivity contribution in [2.75, 3.05) is 13.1 Å². The number of amides is 1. The fourth-order valence-corrected chi connectivity index (χ4v) is 7.79. The third kappa shape index (κ3) is 3.22. The van der Waals surface area contributed by atoms with Crippen LogP contribution in [0.4, 0.5) is 0 Å². The van der Waals surface area contributed by atoms with Crippen molar-refractivity contribution in [3.8, 4) is 11.5 Å². The van der Waals surface area contributed by atoms with E-state index in [4.69, 9.17) is 4.74 Å². The molecular formula is C26H29BrClN3O4. The summed E-state index contributed by atoms with van der Waals surface area (Å²) in [5.74, 6) is 1.19. The van der Waals surface area contributed by atoms with Gasteiger partial charge in [0, 0.05) is 29.9 Å². The largest absolute Gasteiger partial charge is 0.504 e. The first-order valence-corrected chi connectivity index (χ1v) is 13.1. The number of nitrogens with zero attached hydrogens (tertiary/aromatic N) is 2. The number of nitrogens with one attached hydrogen (secondary N) is 1. The van der Waals surface area contributed by atoms with Crippen LogP contribution in [-0.2, 0) is 11.8 Å². The van der Waals surface area contributed by atoms with Crippen LogP contribution in [0.3, 0.4) is 0 Å². The minimum Gasteiger partial charge on any atom is -0.504 e. The van der Waals surface area contributed by atoms with Crippen LogP contribution in [0.5, 0.6) is 11.5 Å². The molecule has 1 saturated heterocycles. The Hall–Kier alpha value is -1.87. The van der Waals surface area contributed by atoms with Crippen LogP contribution in [0.25, 0.3) is 0 Å². The van der Waals surface area contributed by atoms with Crippen LogP contribution >= 0.6 is 28.3 Å². The Balaban J connectivity index is 0.00000229. The van der Waals surface area contributed by atoms with Gasteiger partial charge in [-0.1, -0.05) is 6.07 Å². The molecule has 3 heterocycles. The van der Waals surface area contributed by atoms with E-state index in [1.807, 2.05) is 6.07 Å². The fraction of sp³-hybridized carbons (Fsp3) is 0.538. The molecule has 0 unspecified atom stereocenters. The number of aromatic hydroxyl groups is 1. The van der Waals surface area contributed by atoms with Crippen LogP contribution in [0.2, 0.25) is 0 Å². The molecule has 2 saturated carbocycles. The van der Waals surface area contributed by atoms with Gasteiger partial charge in [0.05, 0.1) is 17.1 Å². The Kier molecular flexibility index (Phi) is 5.42. The maximum atomic E-state index is 13.2. The maximum Gasteiger partial charge on any atom is 0.251 e. The van der Waals surface area contributed by atoms with Gasteiger partial charge < -0.3 is 20.3 Å². The van der Waals surface area contributed by atoms with Crippen LogP contribution in [-0.4, -0.2) is 62.9 Å². The molecule has 2 aromatic rings. The van der Waals surface area contributed by atoms with Crippen LogP contribution in [0.1, 0.15) is 53.6 Å². The van der Waals surface area contributed by atoms with Gasteiger partial charge >= 0.3 is 0 Å². The fourth-order valence-electron chi connectivity index (χ4n) is 7.42. The average Bonchev–Trinajstić information content (AvgIpc) is 3.56. The Morgan fingerprint density at radius 3 is 2.86 bits per heavy atom. The van der Waals surface area contributed by atoms with Crippen molar-refractivity contribution in [2.45, 2.75) is 67.7 Å². The second-order valence-electron chi connectivity index (χ2n) is 10.8. The number of likely N-dealkylation sites (tertiary alicyclic amines) is 1. The third-order valence-corrected chi connectivity index (χ3v) is 9.50. The molecule has 3 aliphatic carbocycles. The number of hydrogen-bond donors (Lipinski definition) is 3. The zero-order valence-electron chi connectivity index (χ0n) is 19.2. The van der Waals surface area contributed by atoms with Crippen molar-refractivity contribution < 1.29 is 19.7 Å². The highest BCUT2D eigenvalue weighted by Gasteiger charge is 2.73. The maximum absolute atomic E-state index is 13.2. The van der Waals surface area contributed by atoms with Gasteiger partial charge in [-0.05, 0) is 90.7 Å². The lowest BCUT2D eigenvalue weighted by molar-refractivity contribution is -0.191. The summed E-state index contributed by atoms with van der Waals surface area (Å²) in [4.78, 5) is 19.8. The Labute approximate surface area is 218 Å². The first-order chi connectivity index (χ1) is 16.4. The first-order valence-electron chi connectivity index (χ1n) is 12.3. The summed E-state index contributed by atoms with van der Waals surface area (Å²) in [6, 6.07) is 6.88. The lowest BCUT2D eigenvalue weighted by atomic mass is 9.48. The van der Waals surface area contributed by atoms with Gasteiger partial charge in [0.2, 0.25) is 0 Å². The van der Waals surface area contributed by atoms with Crippen molar-refractivity contribution in [1.29, 1.82) is 0 Å². The van der Waals surface area contributed by atoms with Gasteiger partial charge in [-0.2, -0.15) is 0 Å². The first kappa shape index (κ1) is 23.5. The van der Waals surface area contributed by atoms with Crippen molar-refractivity contribution in [1.82, 2.24) is 15.2 Å². The van der Waals surface area contributed by atoms with E-state index in [-0.39, 0.29) is 36.1 Å². The minimum atomic E-state index is -0.947. The summed E-state index contributed by atoms with van der Waals surface area (Å²) in [5.41, 5.74) is 1.09. The predicted molar refractivity (Wildman–Crippen MR) is 135 cm³/mol. The number of carbonyl (C=O) groups excluding carboxylic acids is 1. The van der Waals surface area contributed by atoms with E-state index in [0.717, 1.165) is 43.0 Å². The number of benzene rings is 1. The summed E-state index contributed by atoms with van der Waals surface area (Å²) >= 11 is 3.34. The third-order valence-electron chi connectivity index (χ3n) is 9.07. The second kappa shape index (κ2) is 8.07. The SMILES string of the molecule is Cl.O=C(N[C@@H]1CC[C@@]2(O)[C@H]3Cc4ccc(O)c5c4[C@@]2(CCN3CC2CC2)[C@H]1O5)c1ccnc(Br)c1. The van der Waals surface area contributed by atoms with Crippen molar-refractivity contribution in [3.63, 3.8) is 0 Å². The molecule has 2 bridgehead atoms. The van der Waals surface area contributed by atoms with Gasteiger partial charge in [-0.15, -0.1) is 12.4 Å². The number of aromatic nitrogens is 1. The molecule has 2 aliphatic heterocycles. The van der Waals surface area contributed by atoms with E-state index in [0.29, 0.717) is 28.8 Å². The van der Waals surface area contributed by atoms with Gasteiger partial charge in [0.1, 0.15) is 10.7 Å². The van der Waals surface area contributed by atoms with Crippen LogP contribution in [0, 0.1) is 5.92 Å². The van der Waals surface area contributed by atoms with Gasteiger partial charge in [-0.25, -0.2) is 4.98 Å². The summed E-state index contributed by atoms with van der Waals surface area (Å²) < 4.78 is 7.12. The van der Waals surface area contributed by atoms with E-state index >= 15 is 0 Å². The number of rotatable bonds is 4. The number of phenolic OH excluding ortho intramolecular Hbond substituents is 1. The molecule has 0 radical (unpaired) electrons. The average molecular weight is 563 g/mol. The Morgan fingerprint density at radius 1 is 1.26 bits per heavy atom. The molecule has 186 valence electrons. The van der Waals surface area contributed by atoms with E-state index < -0.39 is 17.1 Å². The smallest absolute Gasteiger partial charge is 0.251 e. The second-order valence-corrected chi connectivity index (χ2v) is 11.6. The standard InChI is InChI=1S/C26H28BrN3O4.ClH/c27-20-12-16(6-9-28-20)24(32)29-17-5-7-26(33)19-11-15-3-4-18(31)22-21(15)25(26,23(17)34-22)8-10-30(19)13-14-1-2-14;/h3-4,6,9,12,14,17,19,23,31,33H,1-2,5,7-8,10-11,13H2,(H,29,32);1H/t17-,19-,23+,25+,26-;/m1./s1. The Morgan fingerprint density at radius 2 is 2.09 bits per heavy atom. The number of piperidine rings is 1. The molecule has 3 fully saturated rings. The number of halogens is 2. The monoisotopic (exact) mass is 561 g/mol. The van der Waals surface area contributed by atoms with E-state index in [1.165, 1.54) is 12.8 Å². The number of pyridine rings is 1. The molecule has 5 atom stereocenters. The molecule has 1 aromatic carbocycles. The molecule has 1 aromatic heterocycles. The van der Waals surface area contributed by atoms with Gasteiger partial charge in [0.25, 0.3) is 5.91 Å². The molecule has 1 spiro atoms. The topological polar surface area (TPSA) is 94.9 Å². The van der Waals surface area contributed by atoms with Crippen LogP contribution < -0.4 is 10.1 Å². The summed E-state index contributed by atoms with van der Waals surface area (Å²) in [6.45, 7) is 1.95. The molecule has 35 heavy (non-hydrogen) atoms. The lowest BCUT2D eigenvalue weighted by Crippen LogP contribution is -2.78. The normalized spacial score (nSPS) is 34.4. The molecule has 7 nitrogen and oxygen atoms in total. The van der Waals surface area contributed by atoms with E-state index in [1.54, 1.807) is 24.4 Å². The van der Waals surface area contributed by atoms with Crippen molar-refractivity contribution >= 4 is 34.2 Å². The zero-order chi connectivity index (χ0) is 23.2. The number of ether oxygens (including phenoxy) is 1. The van der Waals surface area contributed by atoms with Crippen molar-refractivity contribution in [2.24, 2.45) is 5.92 Å². The van der Waals surface area contributed by atoms with Crippen LogP contribution in [0.15, 0.2) is 35.1 Å². The number of phenols is 1. The number of aliphatic hydroxyl groups is 1. The molecule has 3 N–H and O–H groups in total. The molecule has 5 aliphatic rings. The van der Waals surface area contributed by atoms with E-state index in [2.05, 4.69) is 31.1 Å². The highest BCUT2D eigenvalue weighted by molar-refractivity contribution is 9.10. The molecule has 9 heteroatoms. The predicted octanol–water partition coefficient (Wildman–Crippen LogP) is 3.33. The summed E-state index contributed by atoms with van der Waals surface area (Å²) in [7, 11) is 0. The summed E-state index contributed by atoms with van der Waals surface area (Å²) in [5, 5.41) is 26.4. The number of hydrogen-bond acceptors (Lipinski definition) is 6. The summed E-state index contributed by atoms with van der Waals surface area (Å²) in [6.07, 6.45) is 6.49. The molecule has 1 amide bonds. The number of carbonyl (C=O) groups is 1. The quantitative estimate of drug-likeness (QED) is 0.495. The Bertz CT molecular complexity index is 1210. The highest BCUT2D eigenvalue weighted by atomic mass is 79.9. The minimum absolute atomic E-state index is 0. The zero-order valence-corrected chi connectivity index (χ0v) is 21.6. The van der Waals surface area contributed by atoms with Crippen molar-refractivity contribution in [3.05, 3.63) is 51.8 Å². The molecule has 7 rings (SSSR count). The van der Waals surface area contributed by atoms with Gasteiger partial charge in [0.15, 0.2) is 11.5 Å². The van der Waals surface area contributed by atoms with Gasteiger partial charge in [-0.3, -0.25) is 9.69 Å². The lowest BCUT2D eigenvalue weighted by Gasteiger charge is -2.64.